The number of aliphatic hydroxyl groups excluding tert-OH is 7. The monoisotopic (exact) mass is 640 g/mol. The van der Waals surface area contributed by atoms with E-state index >= 15 is 0 Å². The molecule has 10 N–H and O–H groups in total. The average Bonchev–Trinajstić information content (AvgIpc) is 3.02. The average molecular weight is 641 g/mol. The number of rotatable bonds is 8. The van der Waals surface area contributed by atoms with Crippen molar-refractivity contribution in [3.05, 3.63) is 40.6 Å². The van der Waals surface area contributed by atoms with Crippen molar-refractivity contribution in [3.8, 4) is 40.1 Å². The van der Waals surface area contributed by atoms with Gasteiger partial charge in [-0.15, -0.1) is 0 Å². The number of hydrogen-bond acceptors (Lipinski definition) is 17. The first-order valence-electron chi connectivity index (χ1n) is 13.5. The van der Waals surface area contributed by atoms with Crippen LogP contribution in [0, 0.1) is 0 Å². The molecule has 2 aliphatic rings. The van der Waals surface area contributed by atoms with Crippen LogP contribution < -0.4 is 14.9 Å². The second kappa shape index (κ2) is 12.9. The van der Waals surface area contributed by atoms with Gasteiger partial charge in [-0.3, -0.25) is 4.79 Å². The Balaban J connectivity index is 1.62. The van der Waals surface area contributed by atoms with E-state index in [-0.39, 0.29) is 28.0 Å². The van der Waals surface area contributed by atoms with Gasteiger partial charge >= 0.3 is 0 Å². The van der Waals surface area contributed by atoms with E-state index in [1.807, 2.05) is 0 Å². The third kappa shape index (κ3) is 5.98. The molecule has 17 heteroatoms. The number of benzene rings is 2. The number of fused-ring (bicyclic) bond motifs is 1. The SMILES string of the molecule is COc1cc(O)c2c(=O)c(O[C@@H]3O[C@H](CO)[C@@H](O)C(O)C3O[C@@H]3OC(CO)[C@@H](O)C(O)[C@H]3O)c(-c3ccc(O)c(O)c3)oc2c1. The van der Waals surface area contributed by atoms with Crippen LogP contribution >= 0.6 is 0 Å². The highest BCUT2D eigenvalue weighted by Crippen LogP contribution is 2.40. The van der Waals surface area contributed by atoms with E-state index in [1.54, 1.807) is 0 Å². The van der Waals surface area contributed by atoms with Crippen molar-refractivity contribution in [2.75, 3.05) is 20.3 Å². The molecule has 2 saturated heterocycles. The zero-order valence-electron chi connectivity index (χ0n) is 23.4. The fraction of sp³-hybridized carbons (Fsp3) is 0.464. The van der Waals surface area contributed by atoms with Gasteiger partial charge in [-0.25, -0.2) is 0 Å². The molecule has 0 aliphatic carbocycles. The lowest BCUT2D eigenvalue weighted by molar-refractivity contribution is -0.358. The van der Waals surface area contributed by atoms with E-state index in [1.165, 1.54) is 19.2 Å². The molecule has 10 atom stereocenters. The van der Waals surface area contributed by atoms with Crippen LogP contribution in [-0.4, -0.2) is 133 Å². The molecule has 0 bridgehead atoms. The normalized spacial score (nSPS) is 32.0. The Morgan fingerprint density at radius 3 is 2.02 bits per heavy atom. The molecular formula is C28H32O17. The van der Waals surface area contributed by atoms with E-state index in [0.29, 0.717) is 0 Å². The molecule has 1 aromatic heterocycles. The molecule has 0 spiro atoms. The summed E-state index contributed by atoms with van der Waals surface area (Å²) in [4.78, 5) is 13.9. The Labute approximate surface area is 252 Å². The Morgan fingerprint density at radius 1 is 0.756 bits per heavy atom. The van der Waals surface area contributed by atoms with Crippen molar-refractivity contribution in [1.29, 1.82) is 0 Å². The Bertz CT molecular complexity index is 1570. The van der Waals surface area contributed by atoms with Gasteiger partial charge in [0, 0.05) is 17.7 Å². The second-order valence-electron chi connectivity index (χ2n) is 10.4. The molecule has 3 aromatic rings. The molecule has 3 heterocycles. The van der Waals surface area contributed by atoms with Crippen LogP contribution in [0.1, 0.15) is 0 Å². The van der Waals surface area contributed by atoms with Crippen molar-refractivity contribution in [2.24, 2.45) is 0 Å². The van der Waals surface area contributed by atoms with Gasteiger partial charge in [0.25, 0.3) is 0 Å². The molecule has 0 radical (unpaired) electrons. The Morgan fingerprint density at radius 2 is 1.40 bits per heavy atom. The predicted octanol–water partition coefficient (Wildman–Crippen LogP) is -2.41. The lowest BCUT2D eigenvalue weighted by Crippen LogP contribution is -2.65. The van der Waals surface area contributed by atoms with E-state index in [0.717, 1.165) is 18.2 Å². The standard InChI is InChI=1S/C28H32O17/c1-40-10-5-13(33)17-14(6-10)41-24(9-2-3-11(31)12(32)4-9)25(20(17)36)44-28-26(22(38)19(35)16(8-30)43-28)45-27-23(39)21(37)18(34)15(7-29)42-27/h2-6,15-16,18-19,21-23,26-35,37-39H,7-8H2,1H3/t15?,16-,18-,19-,21?,22?,23-,26?,27+,28+/m1/s1. The maximum Gasteiger partial charge on any atom is 0.239 e. The first-order chi connectivity index (χ1) is 21.4. The van der Waals surface area contributed by atoms with Gasteiger partial charge in [-0.1, -0.05) is 0 Å². The summed E-state index contributed by atoms with van der Waals surface area (Å²) in [6, 6.07) is 5.79. The van der Waals surface area contributed by atoms with Crippen LogP contribution in [0.2, 0.25) is 0 Å². The molecule has 2 aliphatic heterocycles. The van der Waals surface area contributed by atoms with Gasteiger partial charge in [-0.05, 0) is 18.2 Å². The lowest BCUT2D eigenvalue weighted by atomic mass is 9.97. The number of ether oxygens (including phenoxy) is 5. The summed E-state index contributed by atoms with van der Waals surface area (Å²) in [6.45, 7) is -1.66. The van der Waals surface area contributed by atoms with Gasteiger partial charge in [-0.2, -0.15) is 0 Å². The van der Waals surface area contributed by atoms with Crippen molar-refractivity contribution in [1.82, 2.24) is 0 Å². The molecule has 45 heavy (non-hydrogen) atoms. The summed E-state index contributed by atoms with van der Waals surface area (Å²) < 4.78 is 33.5. The van der Waals surface area contributed by atoms with E-state index in [9.17, 15) is 55.9 Å². The summed E-state index contributed by atoms with van der Waals surface area (Å²) in [5.74, 6) is -2.65. The lowest BCUT2D eigenvalue weighted by Gasteiger charge is -2.45. The molecule has 17 nitrogen and oxygen atoms in total. The van der Waals surface area contributed by atoms with Crippen molar-refractivity contribution >= 4 is 11.0 Å². The smallest absolute Gasteiger partial charge is 0.239 e. The molecule has 246 valence electrons. The summed E-state index contributed by atoms with van der Waals surface area (Å²) in [7, 11) is 1.31. The first kappa shape index (κ1) is 32.6. The molecule has 2 aromatic carbocycles. The number of methoxy groups -OCH3 is 1. The van der Waals surface area contributed by atoms with Gasteiger partial charge in [0.05, 0.1) is 20.3 Å². The van der Waals surface area contributed by atoms with Crippen LogP contribution in [0.3, 0.4) is 0 Å². The number of aromatic hydroxyl groups is 3. The van der Waals surface area contributed by atoms with Crippen molar-refractivity contribution < 1.29 is 79.2 Å². The molecular weight excluding hydrogens is 608 g/mol. The van der Waals surface area contributed by atoms with Crippen LogP contribution in [0.5, 0.6) is 28.7 Å². The van der Waals surface area contributed by atoms with Gasteiger partial charge < -0.3 is 79.2 Å². The number of phenols is 3. The minimum Gasteiger partial charge on any atom is -0.507 e. The molecule has 0 amide bonds. The van der Waals surface area contributed by atoms with Crippen LogP contribution in [-0.2, 0) is 14.2 Å². The first-order valence-corrected chi connectivity index (χ1v) is 13.5. The number of hydrogen-bond donors (Lipinski definition) is 10. The highest BCUT2D eigenvalue weighted by atomic mass is 16.8. The largest absolute Gasteiger partial charge is 0.507 e. The Hall–Kier alpha value is -3.75. The molecule has 2 fully saturated rings. The van der Waals surface area contributed by atoms with E-state index in [4.69, 9.17) is 28.1 Å². The van der Waals surface area contributed by atoms with Crippen LogP contribution in [0.15, 0.2) is 39.5 Å². The maximum atomic E-state index is 13.9. The number of phenolic OH excluding ortho intramolecular Hbond substituents is 3. The van der Waals surface area contributed by atoms with Crippen molar-refractivity contribution in [2.45, 2.75) is 61.4 Å². The zero-order chi connectivity index (χ0) is 32.7. The van der Waals surface area contributed by atoms with Gasteiger partial charge in [0.1, 0.15) is 65.2 Å². The quantitative estimate of drug-likeness (QED) is 0.115. The van der Waals surface area contributed by atoms with Crippen LogP contribution in [0.25, 0.3) is 22.3 Å². The third-order valence-corrected chi connectivity index (χ3v) is 7.58. The second-order valence-corrected chi connectivity index (χ2v) is 10.4. The third-order valence-electron chi connectivity index (χ3n) is 7.58. The fourth-order valence-electron chi connectivity index (χ4n) is 5.08. The summed E-state index contributed by atoms with van der Waals surface area (Å²) in [5.41, 5.74) is -1.22. The molecule has 4 unspecified atom stereocenters. The number of aliphatic hydroxyl groups is 7. The van der Waals surface area contributed by atoms with E-state index in [2.05, 4.69) is 0 Å². The van der Waals surface area contributed by atoms with E-state index < -0.39 is 103 Å². The summed E-state index contributed by atoms with van der Waals surface area (Å²) >= 11 is 0. The summed E-state index contributed by atoms with van der Waals surface area (Å²) in [6.07, 6.45) is -17.9. The van der Waals surface area contributed by atoms with Gasteiger partial charge in [0.15, 0.2) is 29.7 Å². The fourth-order valence-corrected chi connectivity index (χ4v) is 5.08. The maximum absolute atomic E-state index is 13.9. The highest BCUT2D eigenvalue weighted by molar-refractivity contribution is 5.88. The Kier molecular flexibility index (Phi) is 9.38. The van der Waals surface area contributed by atoms with Crippen molar-refractivity contribution in [3.63, 3.8) is 0 Å². The highest BCUT2D eigenvalue weighted by Gasteiger charge is 2.51. The minimum atomic E-state index is -1.96. The summed E-state index contributed by atoms with van der Waals surface area (Å²) in [5, 5.41) is 102. The minimum absolute atomic E-state index is 0.0249. The molecule has 5 rings (SSSR count). The zero-order valence-corrected chi connectivity index (χ0v) is 23.4. The van der Waals surface area contributed by atoms with Gasteiger partial charge in [0.2, 0.25) is 17.5 Å². The predicted molar refractivity (Wildman–Crippen MR) is 146 cm³/mol. The topological polar surface area (TPSA) is 279 Å². The molecule has 0 saturated carbocycles. The van der Waals surface area contributed by atoms with Crippen LogP contribution in [0.4, 0.5) is 0 Å².